The van der Waals surface area contributed by atoms with Crippen LogP contribution in [0, 0.1) is 5.92 Å². The Morgan fingerprint density at radius 2 is 1.78 bits per heavy atom. The van der Waals surface area contributed by atoms with E-state index in [-0.39, 0.29) is 6.04 Å². The number of nitrogens with one attached hydrogen (secondary N) is 2. The number of carbonyl (C=O) groups excluding carboxylic acids is 2. The summed E-state index contributed by atoms with van der Waals surface area (Å²) >= 11 is 0. The summed E-state index contributed by atoms with van der Waals surface area (Å²) in [6.07, 6.45) is 2.03. The Hall–Kier alpha value is -1.10. The van der Waals surface area contributed by atoms with Crippen molar-refractivity contribution in [2.45, 2.75) is 39.7 Å². The van der Waals surface area contributed by atoms with E-state index in [0.29, 0.717) is 19.0 Å². The van der Waals surface area contributed by atoms with Gasteiger partial charge in [-0.2, -0.15) is 0 Å². The Morgan fingerprint density at radius 3 is 2.28 bits per heavy atom. The van der Waals surface area contributed by atoms with Gasteiger partial charge < -0.3 is 15.5 Å². The fourth-order valence-electron chi connectivity index (χ4n) is 2.39. The molecular formula is C13H25N3O2. The lowest BCUT2D eigenvalue weighted by Gasteiger charge is -2.28. The molecule has 1 atom stereocenters. The van der Waals surface area contributed by atoms with Crippen LogP contribution in [0.1, 0.15) is 33.6 Å². The van der Waals surface area contributed by atoms with E-state index in [1.807, 2.05) is 6.92 Å². The summed E-state index contributed by atoms with van der Waals surface area (Å²) in [5.41, 5.74) is 0. The average Bonchev–Trinajstić information content (AvgIpc) is 2.40. The van der Waals surface area contributed by atoms with Crippen molar-refractivity contribution >= 4 is 11.8 Å². The van der Waals surface area contributed by atoms with Gasteiger partial charge in [0.25, 0.3) is 0 Å². The minimum absolute atomic E-state index is 0.0550. The van der Waals surface area contributed by atoms with Crippen molar-refractivity contribution < 1.29 is 9.59 Å². The normalized spacial score (nSPS) is 17.7. The average molecular weight is 255 g/mol. The zero-order valence-corrected chi connectivity index (χ0v) is 11.7. The van der Waals surface area contributed by atoms with E-state index < -0.39 is 11.8 Å². The SMILES string of the molecule is CCC(CC)C(C)NC(=O)C(=O)N1CCNCC1. The Kier molecular flexibility index (Phi) is 6.12. The highest BCUT2D eigenvalue weighted by Gasteiger charge is 2.25. The second-order valence-electron chi connectivity index (χ2n) is 4.88. The Balaban J connectivity index is 2.45. The lowest BCUT2D eigenvalue weighted by atomic mass is 9.95. The topological polar surface area (TPSA) is 61.4 Å². The van der Waals surface area contributed by atoms with E-state index in [9.17, 15) is 9.59 Å². The summed E-state index contributed by atoms with van der Waals surface area (Å²) < 4.78 is 0. The van der Waals surface area contributed by atoms with Crippen molar-refractivity contribution in [2.24, 2.45) is 5.92 Å². The van der Waals surface area contributed by atoms with Gasteiger partial charge in [0.2, 0.25) is 0 Å². The molecule has 0 spiro atoms. The molecule has 0 bridgehead atoms. The van der Waals surface area contributed by atoms with Crippen molar-refractivity contribution in [3.63, 3.8) is 0 Å². The molecule has 2 N–H and O–H groups in total. The number of rotatable bonds is 4. The molecule has 5 nitrogen and oxygen atoms in total. The number of piperazine rings is 1. The maximum atomic E-state index is 11.9. The quantitative estimate of drug-likeness (QED) is 0.713. The van der Waals surface area contributed by atoms with E-state index in [0.717, 1.165) is 25.9 Å². The van der Waals surface area contributed by atoms with Crippen molar-refractivity contribution in [1.29, 1.82) is 0 Å². The van der Waals surface area contributed by atoms with Gasteiger partial charge in [0.15, 0.2) is 0 Å². The Labute approximate surface area is 109 Å². The lowest BCUT2D eigenvalue weighted by Crippen LogP contribution is -2.53. The third-order valence-electron chi connectivity index (χ3n) is 3.71. The molecule has 0 aromatic carbocycles. The number of amides is 2. The Bertz CT molecular complexity index is 284. The highest BCUT2D eigenvalue weighted by molar-refractivity contribution is 6.35. The molecule has 1 rings (SSSR count). The first-order valence-corrected chi connectivity index (χ1v) is 6.90. The molecule has 18 heavy (non-hydrogen) atoms. The summed E-state index contributed by atoms with van der Waals surface area (Å²) in [6, 6.07) is 0.0550. The fraction of sp³-hybridized carbons (Fsp3) is 0.846. The largest absolute Gasteiger partial charge is 0.345 e. The maximum Gasteiger partial charge on any atom is 0.311 e. The molecule has 5 heteroatoms. The summed E-state index contributed by atoms with van der Waals surface area (Å²) in [7, 11) is 0. The molecule has 0 saturated carbocycles. The maximum absolute atomic E-state index is 11.9. The number of hydrogen-bond acceptors (Lipinski definition) is 3. The van der Waals surface area contributed by atoms with Gasteiger partial charge in [-0.05, 0) is 12.8 Å². The standard InChI is InChI=1S/C13H25N3O2/c1-4-11(5-2)10(3)15-12(17)13(18)16-8-6-14-7-9-16/h10-11,14H,4-9H2,1-3H3,(H,15,17). The molecule has 0 radical (unpaired) electrons. The van der Waals surface area contributed by atoms with Crippen LogP contribution in [-0.4, -0.2) is 48.9 Å². The van der Waals surface area contributed by atoms with Gasteiger partial charge in [0, 0.05) is 32.2 Å². The van der Waals surface area contributed by atoms with E-state index in [1.54, 1.807) is 4.90 Å². The second-order valence-corrected chi connectivity index (χ2v) is 4.88. The minimum atomic E-state index is -0.462. The first-order chi connectivity index (χ1) is 8.60. The first-order valence-electron chi connectivity index (χ1n) is 6.90. The van der Waals surface area contributed by atoms with Crippen LogP contribution in [0.15, 0.2) is 0 Å². The second kappa shape index (κ2) is 7.36. The molecule has 0 aliphatic carbocycles. The van der Waals surface area contributed by atoms with Crippen molar-refractivity contribution in [1.82, 2.24) is 15.5 Å². The summed E-state index contributed by atoms with van der Waals surface area (Å²) in [5, 5.41) is 5.99. The van der Waals surface area contributed by atoms with Gasteiger partial charge in [0.1, 0.15) is 0 Å². The lowest BCUT2D eigenvalue weighted by molar-refractivity contribution is -0.146. The highest BCUT2D eigenvalue weighted by Crippen LogP contribution is 2.12. The summed E-state index contributed by atoms with van der Waals surface area (Å²) in [5.74, 6) is -0.421. The molecule has 104 valence electrons. The smallest absolute Gasteiger partial charge is 0.311 e. The number of carbonyl (C=O) groups is 2. The van der Waals surface area contributed by atoms with Gasteiger partial charge in [0.05, 0.1) is 0 Å². The zero-order chi connectivity index (χ0) is 13.5. The molecule has 1 aliphatic heterocycles. The molecular weight excluding hydrogens is 230 g/mol. The third-order valence-corrected chi connectivity index (χ3v) is 3.71. The zero-order valence-electron chi connectivity index (χ0n) is 11.7. The Morgan fingerprint density at radius 1 is 1.22 bits per heavy atom. The molecule has 0 aromatic rings. The minimum Gasteiger partial charge on any atom is -0.345 e. The van der Waals surface area contributed by atoms with Crippen LogP contribution in [0.4, 0.5) is 0 Å². The molecule has 1 unspecified atom stereocenters. The monoisotopic (exact) mass is 255 g/mol. The molecule has 1 fully saturated rings. The van der Waals surface area contributed by atoms with E-state index in [1.165, 1.54) is 0 Å². The van der Waals surface area contributed by atoms with Crippen LogP contribution < -0.4 is 10.6 Å². The van der Waals surface area contributed by atoms with Crippen molar-refractivity contribution in [2.75, 3.05) is 26.2 Å². The van der Waals surface area contributed by atoms with Crippen LogP contribution in [-0.2, 0) is 9.59 Å². The van der Waals surface area contributed by atoms with Crippen LogP contribution in [0.25, 0.3) is 0 Å². The van der Waals surface area contributed by atoms with Crippen molar-refractivity contribution in [3.8, 4) is 0 Å². The molecule has 0 aromatic heterocycles. The van der Waals surface area contributed by atoms with Crippen LogP contribution in [0.2, 0.25) is 0 Å². The van der Waals surface area contributed by atoms with Gasteiger partial charge in [-0.3, -0.25) is 9.59 Å². The van der Waals surface area contributed by atoms with E-state index in [2.05, 4.69) is 24.5 Å². The van der Waals surface area contributed by atoms with Crippen molar-refractivity contribution in [3.05, 3.63) is 0 Å². The van der Waals surface area contributed by atoms with Crippen LogP contribution >= 0.6 is 0 Å². The van der Waals surface area contributed by atoms with Crippen LogP contribution in [0.3, 0.4) is 0 Å². The molecule has 1 heterocycles. The van der Waals surface area contributed by atoms with Gasteiger partial charge in [-0.15, -0.1) is 0 Å². The fourth-order valence-corrected chi connectivity index (χ4v) is 2.39. The van der Waals surface area contributed by atoms with Gasteiger partial charge >= 0.3 is 11.8 Å². The number of hydrogen-bond donors (Lipinski definition) is 2. The predicted octanol–water partition coefficient (Wildman–Crippen LogP) is 0.359. The third kappa shape index (κ3) is 3.98. The number of nitrogens with zero attached hydrogens (tertiary/aromatic N) is 1. The molecule has 2 amide bonds. The predicted molar refractivity (Wildman–Crippen MR) is 71.1 cm³/mol. The van der Waals surface area contributed by atoms with E-state index >= 15 is 0 Å². The van der Waals surface area contributed by atoms with Gasteiger partial charge in [-0.1, -0.05) is 26.7 Å². The summed E-state index contributed by atoms with van der Waals surface area (Å²) in [4.78, 5) is 25.4. The van der Waals surface area contributed by atoms with E-state index in [4.69, 9.17) is 0 Å². The summed E-state index contributed by atoms with van der Waals surface area (Å²) in [6.45, 7) is 8.95. The molecule has 1 aliphatic rings. The van der Waals surface area contributed by atoms with Gasteiger partial charge in [-0.25, -0.2) is 0 Å². The highest BCUT2D eigenvalue weighted by atomic mass is 16.2. The first kappa shape index (κ1) is 15.0. The van der Waals surface area contributed by atoms with Crippen LogP contribution in [0.5, 0.6) is 0 Å². The molecule has 1 saturated heterocycles.